The molecule has 0 aliphatic carbocycles. The van der Waals surface area contributed by atoms with E-state index in [1.807, 2.05) is 39.0 Å². The molecule has 0 aliphatic rings. The van der Waals surface area contributed by atoms with Crippen LogP contribution in [-0.2, 0) is 4.79 Å². The lowest BCUT2D eigenvalue weighted by molar-refractivity contribution is -0.118. The third kappa shape index (κ3) is 5.15. The second-order valence-corrected chi connectivity index (χ2v) is 5.95. The highest BCUT2D eigenvalue weighted by molar-refractivity contribution is 7.12. The van der Waals surface area contributed by atoms with Crippen LogP contribution < -0.4 is 5.32 Å². The van der Waals surface area contributed by atoms with Crippen LogP contribution in [0.4, 0.5) is 0 Å². The van der Waals surface area contributed by atoms with Crippen LogP contribution in [0.5, 0.6) is 0 Å². The molecule has 3 nitrogen and oxygen atoms in total. The molecule has 0 fully saturated rings. The van der Waals surface area contributed by atoms with Crippen molar-refractivity contribution in [1.82, 2.24) is 5.32 Å². The number of carbonyl (C=O) groups excluding carboxylic acids is 1. The molecule has 94 valence electrons. The van der Waals surface area contributed by atoms with Crippen LogP contribution in [0.2, 0.25) is 0 Å². The minimum Gasteiger partial charge on any atom is -0.396 e. The van der Waals surface area contributed by atoms with Gasteiger partial charge in [-0.3, -0.25) is 4.79 Å². The molecule has 1 heterocycles. The molecule has 0 spiro atoms. The van der Waals surface area contributed by atoms with Crippen molar-refractivity contribution in [3.63, 3.8) is 0 Å². The minimum atomic E-state index is -0.373. The molecule has 0 unspecified atom stereocenters. The van der Waals surface area contributed by atoms with E-state index in [0.29, 0.717) is 6.42 Å². The van der Waals surface area contributed by atoms with Crippen LogP contribution in [0.15, 0.2) is 18.2 Å². The smallest absolute Gasteiger partial charge is 0.244 e. The van der Waals surface area contributed by atoms with Gasteiger partial charge in [0.2, 0.25) is 5.91 Å². The quantitative estimate of drug-likeness (QED) is 0.791. The Morgan fingerprint density at radius 2 is 2.24 bits per heavy atom. The van der Waals surface area contributed by atoms with Gasteiger partial charge in [0.25, 0.3) is 0 Å². The highest BCUT2D eigenvalue weighted by Gasteiger charge is 2.17. The third-order valence-electron chi connectivity index (χ3n) is 2.36. The van der Waals surface area contributed by atoms with Gasteiger partial charge in [-0.05, 0) is 45.4 Å². The van der Waals surface area contributed by atoms with Crippen molar-refractivity contribution in [3.8, 4) is 0 Å². The second-order valence-electron chi connectivity index (χ2n) is 4.63. The van der Waals surface area contributed by atoms with Crippen molar-refractivity contribution in [2.75, 3.05) is 6.61 Å². The average Bonchev–Trinajstić information content (AvgIpc) is 2.60. The number of nitrogens with one attached hydrogen (secondary N) is 1. The molecular weight excluding hydrogens is 234 g/mol. The first-order chi connectivity index (χ1) is 7.93. The first kappa shape index (κ1) is 13.9. The molecule has 2 N–H and O–H groups in total. The summed E-state index contributed by atoms with van der Waals surface area (Å²) in [5.74, 6) is -0.130. The van der Waals surface area contributed by atoms with Crippen LogP contribution in [-0.4, -0.2) is 23.2 Å². The maximum Gasteiger partial charge on any atom is 0.244 e. The van der Waals surface area contributed by atoms with Gasteiger partial charge in [-0.2, -0.15) is 0 Å². The number of hydrogen-bond donors (Lipinski definition) is 2. The molecule has 0 atom stereocenters. The van der Waals surface area contributed by atoms with Crippen LogP contribution in [0, 0.1) is 6.92 Å². The number of aryl methyl sites for hydroxylation is 1. The standard InChI is InChI=1S/C13H19NO2S/c1-10-4-5-11(17-10)6-7-12(16)14-13(2,3)8-9-15/h4-7,15H,8-9H2,1-3H3,(H,14,16)/b7-6+. The van der Waals surface area contributed by atoms with Crippen LogP contribution >= 0.6 is 11.3 Å². The highest BCUT2D eigenvalue weighted by atomic mass is 32.1. The topological polar surface area (TPSA) is 49.3 Å². The van der Waals surface area contributed by atoms with Gasteiger partial charge in [-0.15, -0.1) is 11.3 Å². The Morgan fingerprint density at radius 1 is 1.53 bits per heavy atom. The van der Waals surface area contributed by atoms with Gasteiger partial charge in [0.1, 0.15) is 0 Å². The van der Waals surface area contributed by atoms with Gasteiger partial charge in [0.15, 0.2) is 0 Å². The summed E-state index contributed by atoms with van der Waals surface area (Å²) in [4.78, 5) is 13.9. The van der Waals surface area contributed by atoms with E-state index in [-0.39, 0.29) is 18.1 Å². The van der Waals surface area contributed by atoms with E-state index in [4.69, 9.17) is 5.11 Å². The molecule has 0 radical (unpaired) electrons. The lowest BCUT2D eigenvalue weighted by atomic mass is 10.0. The van der Waals surface area contributed by atoms with Gasteiger partial charge < -0.3 is 10.4 Å². The Bertz CT molecular complexity index is 407. The van der Waals surface area contributed by atoms with E-state index in [1.165, 1.54) is 11.0 Å². The van der Waals surface area contributed by atoms with Crippen LogP contribution in [0.25, 0.3) is 6.08 Å². The Morgan fingerprint density at radius 3 is 2.76 bits per heavy atom. The Labute approximate surface area is 106 Å². The Hall–Kier alpha value is -1.13. The molecule has 17 heavy (non-hydrogen) atoms. The molecule has 0 saturated heterocycles. The van der Waals surface area contributed by atoms with Crippen molar-refractivity contribution in [2.24, 2.45) is 0 Å². The summed E-state index contributed by atoms with van der Waals surface area (Å²) in [5, 5.41) is 11.7. The summed E-state index contributed by atoms with van der Waals surface area (Å²) in [6, 6.07) is 4.01. The van der Waals surface area contributed by atoms with E-state index in [0.717, 1.165) is 4.88 Å². The molecule has 0 aliphatic heterocycles. The number of thiophene rings is 1. The SMILES string of the molecule is Cc1ccc(/C=C/C(=O)NC(C)(C)CCO)s1. The monoisotopic (exact) mass is 253 g/mol. The second kappa shape index (κ2) is 5.98. The zero-order chi connectivity index (χ0) is 12.9. The maximum absolute atomic E-state index is 11.6. The molecular formula is C13H19NO2S. The van der Waals surface area contributed by atoms with Crippen molar-refractivity contribution < 1.29 is 9.90 Å². The third-order valence-corrected chi connectivity index (χ3v) is 3.32. The Kier molecular flexibility index (Phi) is 4.90. The largest absolute Gasteiger partial charge is 0.396 e. The van der Waals surface area contributed by atoms with Crippen LogP contribution in [0.1, 0.15) is 30.0 Å². The normalized spacial score (nSPS) is 12.0. The first-order valence-corrected chi connectivity index (χ1v) is 6.42. The Balaban J connectivity index is 2.52. The van der Waals surface area contributed by atoms with Gasteiger partial charge >= 0.3 is 0 Å². The number of amides is 1. The van der Waals surface area contributed by atoms with Crippen LogP contribution in [0.3, 0.4) is 0 Å². The number of rotatable bonds is 5. The fourth-order valence-corrected chi connectivity index (χ4v) is 2.20. The molecule has 1 aromatic heterocycles. The van der Waals surface area contributed by atoms with Crippen molar-refractivity contribution >= 4 is 23.3 Å². The van der Waals surface area contributed by atoms with E-state index >= 15 is 0 Å². The van der Waals surface area contributed by atoms with E-state index < -0.39 is 0 Å². The lowest BCUT2D eigenvalue weighted by Crippen LogP contribution is -2.43. The van der Waals surface area contributed by atoms with Crippen molar-refractivity contribution in [1.29, 1.82) is 0 Å². The molecule has 1 amide bonds. The lowest BCUT2D eigenvalue weighted by Gasteiger charge is -2.24. The molecule has 0 aromatic carbocycles. The number of hydrogen-bond acceptors (Lipinski definition) is 3. The number of carbonyl (C=O) groups is 1. The summed E-state index contributed by atoms with van der Waals surface area (Å²) in [6.07, 6.45) is 3.89. The van der Waals surface area contributed by atoms with Crippen molar-refractivity contribution in [3.05, 3.63) is 28.0 Å². The zero-order valence-corrected chi connectivity index (χ0v) is 11.3. The molecule has 1 aromatic rings. The molecule has 0 bridgehead atoms. The fraction of sp³-hybridized carbons (Fsp3) is 0.462. The predicted molar refractivity (Wildman–Crippen MR) is 72.0 cm³/mol. The maximum atomic E-state index is 11.6. The number of aliphatic hydroxyl groups is 1. The summed E-state index contributed by atoms with van der Waals surface area (Å²) in [7, 11) is 0. The highest BCUT2D eigenvalue weighted by Crippen LogP contribution is 2.16. The van der Waals surface area contributed by atoms with Gasteiger partial charge in [-0.25, -0.2) is 0 Å². The zero-order valence-electron chi connectivity index (χ0n) is 10.5. The summed E-state index contributed by atoms with van der Waals surface area (Å²) < 4.78 is 0. The van der Waals surface area contributed by atoms with Crippen molar-refractivity contribution in [2.45, 2.75) is 32.7 Å². The summed E-state index contributed by atoms with van der Waals surface area (Å²) >= 11 is 1.65. The average molecular weight is 253 g/mol. The van der Waals surface area contributed by atoms with E-state index in [9.17, 15) is 4.79 Å². The van der Waals surface area contributed by atoms with Gasteiger partial charge in [0.05, 0.1) is 0 Å². The molecule has 1 rings (SSSR count). The summed E-state index contributed by atoms with van der Waals surface area (Å²) in [5.41, 5.74) is -0.373. The van der Waals surface area contributed by atoms with Gasteiger partial charge in [0, 0.05) is 28.0 Å². The predicted octanol–water partition coefficient (Wildman–Crippen LogP) is 2.35. The molecule has 0 saturated carbocycles. The van der Waals surface area contributed by atoms with E-state index in [2.05, 4.69) is 5.32 Å². The number of aliphatic hydroxyl groups excluding tert-OH is 1. The first-order valence-electron chi connectivity index (χ1n) is 5.60. The van der Waals surface area contributed by atoms with Gasteiger partial charge in [-0.1, -0.05) is 0 Å². The summed E-state index contributed by atoms with van der Waals surface area (Å²) in [6.45, 7) is 5.89. The fourth-order valence-electron chi connectivity index (χ4n) is 1.42. The van der Waals surface area contributed by atoms with E-state index in [1.54, 1.807) is 11.3 Å². The minimum absolute atomic E-state index is 0.0705. The molecule has 4 heteroatoms.